The van der Waals surface area contributed by atoms with Gasteiger partial charge < -0.3 is 10.0 Å². The van der Waals surface area contributed by atoms with E-state index in [0.717, 1.165) is 50.6 Å². The number of nitrogens with zero attached hydrogens (tertiary/aromatic N) is 2. The third kappa shape index (κ3) is 4.56. The summed E-state index contributed by atoms with van der Waals surface area (Å²) < 4.78 is 0. The lowest BCUT2D eigenvalue weighted by Gasteiger charge is -2.36. The van der Waals surface area contributed by atoms with Crippen molar-refractivity contribution in [2.75, 3.05) is 37.6 Å². The Hall–Kier alpha value is -1.07. The molecular weight excluding hydrogens is 388 g/mol. The van der Waals surface area contributed by atoms with Crippen molar-refractivity contribution in [3.63, 3.8) is 0 Å². The third-order valence-corrected chi connectivity index (χ3v) is 7.72. The van der Waals surface area contributed by atoms with Crippen LogP contribution in [0.2, 0.25) is 5.02 Å². The smallest absolute Gasteiger partial charge is 0.0803 e. The fourth-order valence-corrected chi connectivity index (χ4v) is 6.14. The normalized spacial score (nSPS) is 18.9. The molecule has 2 aliphatic rings. The van der Waals surface area contributed by atoms with Crippen molar-refractivity contribution >= 4 is 28.6 Å². The molecule has 1 atom stereocenters. The van der Waals surface area contributed by atoms with E-state index >= 15 is 0 Å². The lowest BCUT2D eigenvalue weighted by atomic mass is 9.91. The number of hydrogen-bond acceptors (Lipinski definition) is 4. The first kappa shape index (κ1) is 20.2. The number of piperazine rings is 1. The summed E-state index contributed by atoms with van der Waals surface area (Å²) in [6.45, 7) is 7.56. The van der Waals surface area contributed by atoms with E-state index in [4.69, 9.17) is 11.6 Å². The molecule has 5 heteroatoms. The summed E-state index contributed by atoms with van der Waals surface area (Å²) in [6.07, 6.45) is 6.62. The van der Waals surface area contributed by atoms with Crippen molar-refractivity contribution in [3.8, 4) is 0 Å². The van der Waals surface area contributed by atoms with Gasteiger partial charge in [-0.05, 0) is 87.4 Å². The summed E-state index contributed by atoms with van der Waals surface area (Å²) in [4.78, 5) is 7.85. The molecule has 1 N–H and O–H groups in total. The topological polar surface area (TPSA) is 26.7 Å². The summed E-state index contributed by atoms with van der Waals surface area (Å²) in [6, 6.07) is 8.15. The number of thiophene rings is 1. The molecule has 152 valence electrons. The van der Waals surface area contributed by atoms with Gasteiger partial charge in [-0.25, -0.2) is 0 Å². The van der Waals surface area contributed by atoms with Gasteiger partial charge in [0.2, 0.25) is 0 Å². The van der Waals surface area contributed by atoms with Crippen LogP contribution in [0, 0.1) is 6.92 Å². The van der Waals surface area contributed by atoms with E-state index in [-0.39, 0.29) is 6.10 Å². The first-order chi connectivity index (χ1) is 13.6. The number of rotatable bonds is 6. The van der Waals surface area contributed by atoms with Crippen LogP contribution in [0.15, 0.2) is 24.3 Å². The molecule has 1 saturated heterocycles. The highest BCUT2D eigenvalue weighted by Gasteiger charge is 2.24. The fraction of sp³-hybridized carbons (Fsp3) is 0.565. The van der Waals surface area contributed by atoms with Crippen LogP contribution in [0.25, 0.3) is 0 Å². The maximum atomic E-state index is 10.9. The van der Waals surface area contributed by atoms with Crippen molar-refractivity contribution in [2.45, 2.75) is 51.6 Å². The van der Waals surface area contributed by atoms with E-state index in [2.05, 4.69) is 28.9 Å². The molecular formula is C23H31ClN2OS. The third-order valence-electron chi connectivity index (χ3n) is 6.25. The maximum Gasteiger partial charge on any atom is 0.0803 e. The lowest BCUT2D eigenvalue weighted by molar-refractivity contribution is 0.152. The quantitative estimate of drug-likeness (QED) is 0.696. The molecule has 1 aromatic carbocycles. The molecule has 1 fully saturated rings. The Morgan fingerprint density at radius 2 is 1.79 bits per heavy atom. The Kier molecular flexibility index (Phi) is 6.62. The minimum Gasteiger partial charge on any atom is -0.388 e. The van der Waals surface area contributed by atoms with Gasteiger partial charge >= 0.3 is 0 Å². The fourth-order valence-electron chi connectivity index (χ4n) is 4.70. The predicted molar refractivity (Wildman–Crippen MR) is 120 cm³/mol. The van der Waals surface area contributed by atoms with E-state index in [9.17, 15) is 5.11 Å². The van der Waals surface area contributed by atoms with Crippen LogP contribution >= 0.6 is 22.9 Å². The molecule has 1 aliphatic carbocycles. The molecule has 1 unspecified atom stereocenters. The molecule has 0 saturated carbocycles. The summed E-state index contributed by atoms with van der Waals surface area (Å²) >= 11 is 7.92. The van der Waals surface area contributed by atoms with Crippen molar-refractivity contribution in [2.24, 2.45) is 0 Å². The van der Waals surface area contributed by atoms with Gasteiger partial charge in [0.25, 0.3) is 0 Å². The summed E-state index contributed by atoms with van der Waals surface area (Å²) in [5.74, 6) is 0. The average molecular weight is 419 g/mol. The Bertz CT molecular complexity index is 781. The van der Waals surface area contributed by atoms with Crippen LogP contribution in [0.3, 0.4) is 0 Å². The Morgan fingerprint density at radius 1 is 1.07 bits per heavy atom. The van der Waals surface area contributed by atoms with Gasteiger partial charge in [-0.15, -0.1) is 11.3 Å². The molecule has 4 rings (SSSR count). The number of aryl methyl sites for hydroxylation is 2. The molecule has 0 bridgehead atoms. The summed E-state index contributed by atoms with van der Waals surface area (Å²) in [5.41, 5.74) is 4.02. The number of hydrogen-bond donors (Lipinski definition) is 1. The zero-order valence-electron chi connectivity index (χ0n) is 16.8. The first-order valence-corrected chi connectivity index (χ1v) is 11.8. The minimum absolute atomic E-state index is 0.284. The average Bonchev–Trinajstić information content (AvgIpc) is 3.05. The predicted octanol–water partition coefficient (Wildman–Crippen LogP) is 5.22. The van der Waals surface area contributed by atoms with Crippen molar-refractivity contribution in [1.82, 2.24) is 4.90 Å². The Morgan fingerprint density at radius 3 is 2.54 bits per heavy atom. The van der Waals surface area contributed by atoms with Crippen LogP contribution < -0.4 is 4.90 Å². The molecule has 0 radical (unpaired) electrons. The van der Waals surface area contributed by atoms with Gasteiger partial charge in [0.05, 0.1) is 6.10 Å². The largest absolute Gasteiger partial charge is 0.388 e. The van der Waals surface area contributed by atoms with Gasteiger partial charge in [0.1, 0.15) is 0 Å². The van der Waals surface area contributed by atoms with Crippen molar-refractivity contribution in [3.05, 3.63) is 50.2 Å². The van der Waals surface area contributed by atoms with Crippen molar-refractivity contribution in [1.29, 1.82) is 0 Å². The molecule has 3 nitrogen and oxygen atoms in total. The number of fused-ring (bicyclic) bond motifs is 1. The molecule has 1 aromatic heterocycles. The molecule has 2 heterocycles. The zero-order valence-corrected chi connectivity index (χ0v) is 18.4. The second-order valence-corrected chi connectivity index (χ2v) is 9.89. The monoisotopic (exact) mass is 418 g/mol. The van der Waals surface area contributed by atoms with Crippen LogP contribution in [0.4, 0.5) is 5.69 Å². The SMILES string of the molecule is Cc1sc2c(c1C(O)CCCN1CCN(c3ccc(Cl)cc3)CC1)CCCC2. The maximum absolute atomic E-state index is 10.9. The lowest BCUT2D eigenvalue weighted by Crippen LogP contribution is -2.46. The highest BCUT2D eigenvalue weighted by atomic mass is 35.5. The zero-order chi connectivity index (χ0) is 19.5. The van der Waals surface area contributed by atoms with E-state index in [1.165, 1.54) is 52.3 Å². The van der Waals surface area contributed by atoms with Crippen LogP contribution in [0.5, 0.6) is 0 Å². The Labute approximate surface area is 177 Å². The molecule has 0 spiro atoms. The Balaban J connectivity index is 1.24. The van der Waals surface area contributed by atoms with E-state index in [0.29, 0.717) is 0 Å². The van der Waals surface area contributed by atoms with Gasteiger partial charge in [-0.3, -0.25) is 4.90 Å². The molecule has 2 aromatic rings. The van der Waals surface area contributed by atoms with Crippen LogP contribution in [-0.2, 0) is 12.8 Å². The van der Waals surface area contributed by atoms with Gasteiger partial charge in [-0.2, -0.15) is 0 Å². The number of benzene rings is 1. The van der Waals surface area contributed by atoms with E-state index in [1.807, 2.05) is 23.5 Å². The standard InChI is InChI=1S/C23H31ClN2OS/c1-17-23(20-5-2-3-7-22(20)28-17)21(27)6-4-12-25-13-15-26(16-14-25)19-10-8-18(24)9-11-19/h8-11,21,27H,2-7,12-16H2,1H3. The summed E-state index contributed by atoms with van der Waals surface area (Å²) in [7, 11) is 0. The van der Waals surface area contributed by atoms with Crippen LogP contribution in [-0.4, -0.2) is 42.7 Å². The minimum atomic E-state index is -0.284. The second kappa shape index (κ2) is 9.17. The first-order valence-electron chi connectivity index (χ1n) is 10.6. The van der Waals surface area contributed by atoms with Gasteiger partial charge in [0, 0.05) is 46.6 Å². The summed E-state index contributed by atoms with van der Waals surface area (Å²) in [5, 5.41) is 11.7. The molecule has 1 aliphatic heterocycles. The van der Waals surface area contributed by atoms with Crippen molar-refractivity contribution < 1.29 is 5.11 Å². The number of anilines is 1. The number of halogens is 1. The molecule has 28 heavy (non-hydrogen) atoms. The van der Waals surface area contributed by atoms with Gasteiger partial charge in [-0.1, -0.05) is 11.6 Å². The number of aliphatic hydroxyl groups excluding tert-OH is 1. The molecule has 0 amide bonds. The second-order valence-electron chi connectivity index (χ2n) is 8.14. The van der Waals surface area contributed by atoms with E-state index in [1.54, 1.807) is 0 Å². The highest BCUT2D eigenvalue weighted by molar-refractivity contribution is 7.12. The highest BCUT2D eigenvalue weighted by Crippen LogP contribution is 2.38. The number of aliphatic hydroxyl groups is 1. The van der Waals surface area contributed by atoms with Gasteiger partial charge in [0.15, 0.2) is 0 Å². The van der Waals surface area contributed by atoms with E-state index < -0.39 is 0 Å². The van der Waals surface area contributed by atoms with Crippen LogP contribution in [0.1, 0.15) is 52.7 Å².